The topological polar surface area (TPSA) is 42.4 Å². The highest BCUT2D eigenvalue weighted by atomic mass is 35.5. The van der Waals surface area contributed by atoms with Gasteiger partial charge in [-0.3, -0.25) is 9.69 Å². The van der Waals surface area contributed by atoms with Gasteiger partial charge < -0.3 is 4.74 Å². The minimum absolute atomic E-state index is 0.0521. The number of thiazole rings is 1. The molecule has 122 valence electrons. The van der Waals surface area contributed by atoms with E-state index < -0.39 is 0 Å². The maximum atomic E-state index is 11.6. The molecule has 0 atom stereocenters. The number of carbonyl (C=O) groups excluding carboxylic acids is 1. The number of piperidine rings is 1. The van der Waals surface area contributed by atoms with Crippen molar-refractivity contribution in [3.05, 3.63) is 40.4 Å². The minimum atomic E-state index is -0.0802. The smallest absolute Gasteiger partial charge is 0.308 e. The zero-order chi connectivity index (χ0) is 16.2. The summed E-state index contributed by atoms with van der Waals surface area (Å²) in [6.07, 6.45) is 1.72. The number of hydrogen-bond acceptors (Lipinski definition) is 5. The van der Waals surface area contributed by atoms with Gasteiger partial charge in [0, 0.05) is 22.5 Å². The Morgan fingerprint density at radius 3 is 2.70 bits per heavy atom. The number of aromatic nitrogens is 1. The molecule has 0 spiro atoms. The Morgan fingerprint density at radius 1 is 1.35 bits per heavy atom. The van der Waals surface area contributed by atoms with Crippen molar-refractivity contribution in [3.8, 4) is 10.6 Å². The van der Waals surface area contributed by atoms with E-state index in [1.165, 1.54) is 7.11 Å². The van der Waals surface area contributed by atoms with Crippen LogP contribution in [0.4, 0.5) is 0 Å². The third kappa shape index (κ3) is 4.10. The van der Waals surface area contributed by atoms with Gasteiger partial charge in [0.05, 0.1) is 18.7 Å². The van der Waals surface area contributed by atoms with Gasteiger partial charge in [-0.05, 0) is 38.1 Å². The van der Waals surface area contributed by atoms with Crippen molar-refractivity contribution in [1.82, 2.24) is 9.88 Å². The molecule has 6 heteroatoms. The number of esters is 1. The number of carbonyl (C=O) groups is 1. The number of likely N-dealkylation sites (tertiary alicyclic amines) is 1. The number of hydrogen-bond donors (Lipinski definition) is 0. The first-order valence-corrected chi connectivity index (χ1v) is 8.92. The molecule has 1 aliphatic rings. The number of nitrogens with zero attached hydrogens (tertiary/aromatic N) is 2. The molecule has 0 N–H and O–H groups in total. The van der Waals surface area contributed by atoms with Crippen LogP contribution in [-0.4, -0.2) is 36.1 Å². The second-order valence-electron chi connectivity index (χ2n) is 5.72. The van der Waals surface area contributed by atoms with Crippen molar-refractivity contribution < 1.29 is 9.53 Å². The van der Waals surface area contributed by atoms with Crippen LogP contribution in [0.25, 0.3) is 10.6 Å². The maximum Gasteiger partial charge on any atom is 0.308 e. The Bertz CT molecular complexity index is 663. The fourth-order valence-electron chi connectivity index (χ4n) is 2.83. The number of rotatable bonds is 4. The monoisotopic (exact) mass is 350 g/mol. The summed E-state index contributed by atoms with van der Waals surface area (Å²) >= 11 is 7.57. The van der Waals surface area contributed by atoms with Crippen LogP contribution in [-0.2, 0) is 16.1 Å². The van der Waals surface area contributed by atoms with Crippen LogP contribution in [0.1, 0.15) is 18.5 Å². The lowest BCUT2D eigenvalue weighted by molar-refractivity contribution is -0.147. The maximum absolute atomic E-state index is 11.6. The van der Waals surface area contributed by atoms with Crippen LogP contribution in [0.2, 0.25) is 5.02 Å². The summed E-state index contributed by atoms with van der Waals surface area (Å²) in [5, 5.41) is 3.86. The van der Waals surface area contributed by atoms with E-state index in [4.69, 9.17) is 21.3 Å². The van der Waals surface area contributed by atoms with Crippen molar-refractivity contribution in [3.63, 3.8) is 0 Å². The van der Waals surface area contributed by atoms with Gasteiger partial charge in [-0.2, -0.15) is 0 Å². The second-order valence-corrected chi connectivity index (χ2v) is 7.02. The normalized spacial score (nSPS) is 16.4. The third-order valence-electron chi connectivity index (χ3n) is 4.15. The Balaban J connectivity index is 1.58. The fourth-order valence-corrected chi connectivity index (χ4v) is 3.77. The molecule has 1 aromatic carbocycles. The Labute approximate surface area is 145 Å². The van der Waals surface area contributed by atoms with Gasteiger partial charge in [0.15, 0.2) is 0 Å². The van der Waals surface area contributed by atoms with Crippen LogP contribution in [0.5, 0.6) is 0 Å². The van der Waals surface area contributed by atoms with E-state index in [2.05, 4.69) is 10.3 Å². The van der Waals surface area contributed by atoms with E-state index in [0.717, 1.165) is 53.8 Å². The standard InChI is InChI=1S/C17H19ClN2O2S/c1-22-17(21)13-6-8-20(9-7-13)10-15-11-23-16(19-15)12-2-4-14(18)5-3-12/h2-5,11,13H,6-10H2,1H3. The van der Waals surface area contributed by atoms with E-state index in [9.17, 15) is 4.79 Å². The Morgan fingerprint density at radius 2 is 2.04 bits per heavy atom. The van der Waals surface area contributed by atoms with Gasteiger partial charge in [-0.1, -0.05) is 23.7 Å². The third-order valence-corrected chi connectivity index (χ3v) is 5.34. The largest absolute Gasteiger partial charge is 0.469 e. The highest BCUT2D eigenvalue weighted by Crippen LogP contribution is 2.26. The molecule has 0 saturated carbocycles. The van der Waals surface area contributed by atoms with E-state index in [1.54, 1.807) is 11.3 Å². The van der Waals surface area contributed by atoms with Crippen LogP contribution in [0.15, 0.2) is 29.6 Å². The molecular formula is C17H19ClN2O2S. The molecule has 4 nitrogen and oxygen atoms in total. The van der Waals surface area contributed by atoms with Crippen molar-refractivity contribution >= 4 is 28.9 Å². The van der Waals surface area contributed by atoms with Crippen LogP contribution in [0.3, 0.4) is 0 Å². The molecule has 1 aliphatic heterocycles. The van der Waals surface area contributed by atoms with Crippen molar-refractivity contribution in [2.45, 2.75) is 19.4 Å². The van der Waals surface area contributed by atoms with Gasteiger partial charge in [0.25, 0.3) is 0 Å². The SMILES string of the molecule is COC(=O)C1CCN(Cc2csc(-c3ccc(Cl)cc3)n2)CC1. The zero-order valence-electron chi connectivity index (χ0n) is 13.0. The molecular weight excluding hydrogens is 332 g/mol. The van der Waals surface area contributed by atoms with E-state index in [1.807, 2.05) is 24.3 Å². The first kappa shape index (κ1) is 16.4. The molecule has 0 aliphatic carbocycles. The van der Waals surface area contributed by atoms with Crippen LogP contribution in [0, 0.1) is 5.92 Å². The van der Waals surface area contributed by atoms with E-state index in [-0.39, 0.29) is 11.9 Å². The molecule has 1 aromatic heterocycles. The molecule has 3 rings (SSSR count). The zero-order valence-corrected chi connectivity index (χ0v) is 14.6. The van der Waals surface area contributed by atoms with Crippen molar-refractivity contribution in [2.75, 3.05) is 20.2 Å². The van der Waals surface area contributed by atoms with E-state index in [0.29, 0.717) is 0 Å². The highest BCUT2D eigenvalue weighted by molar-refractivity contribution is 7.13. The summed E-state index contributed by atoms with van der Waals surface area (Å²) in [7, 11) is 1.46. The van der Waals surface area contributed by atoms with Crippen LogP contribution >= 0.6 is 22.9 Å². The summed E-state index contributed by atoms with van der Waals surface area (Å²) in [6, 6.07) is 7.75. The lowest BCUT2D eigenvalue weighted by Crippen LogP contribution is -2.36. The summed E-state index contributed by atoms with van der Waals surface area (Å²) in [6.45, 7) is 2.65. The quantitative estimate of drug-likeness (QED) is 0.785. The molecule has 1 fully saturated rings. The fraction of sp³-hybridized carbons (Fsp3) is 0.412. The number of ether oxygens (including phenoxy) is 1. The first-order chi connectivity index (χ1) is 11.2. The lowest BCUT2D eigenvalue weighted by atomic mass is 9.97. The second kappa shape index (κ2) is 7.43. The molecule has 1 saturated heterocycles. The predicted octanol–water partition coefficient (Wildman–Crippen LogP) is 3.85. The highest BCUT2D eigenvalue weighted by Gasteiger charge is 2.25. The van der Waals surface area contributed by atoms with Gasteiger partial charge in [-0.25, -0.2) is 4.98 Å². The van der Waals surface area contributed by atoms with Gasteiger partial charge in [0.2, 0.25) is 0 Å². The van der Waals surface area contributed by atoms with Gasteiger partial charge in [0.1, 0.15) is 5.01 Å². The number of benzene rings is 1. The van der Waals surface area contributed by atoms with Gasteiger partial charge >= 0.3 is 5.97 Å². The summed E-state index contributed by atoms with van der Waals surface area (Å²) in [5.41, 5.74) is 2.17. The molecule has 0 bridgehead atoms. The average Bonchev–Trinajstić information content (AvgIpc) is 3.04. The summed E-state index contributed by atoms with van der Waals surface area (Å²) < 4.78 is 4.83. The Hall–Kier alpha value is -1.43. The summed E-state index contributed by atoms with van der Waals surface area (Å²) in [5.74, 6) is -0.0281. The molecule has 23 heavy (non-hydrogen) atoms. The van der Waals surface area contributed by atoms with Crippen molar-refractivity contribution in [1.29, 1.82) is 0 Å². The van der Waals surface area contributed by atoms with Crippen molar-refractivity contribution in [2.24, 2.45) is 5.92 Å². The predicted molar refractivity (Wildman–Crippen MR) is 92.6 cm³/mol. The number of methoxy groups -OCH3 is 1. The Kier molecular flexibility index (Phi) is 5.30. The average molecular weight is 351 g/mol. The minimum Gasteiger partial charge on any atom is -0.469 e. The first-order valence-electron chi connectivity index (χ1n) is 7.66. The van der Waals surface area contributed by atoms with Crippen LogP contribution < -0.4 is 0 Å². The molecule has 0 radical (unpaired) electrons. The molecule has 2 heterocycles. The molecule has 0 amide bonds. The molecule has 2 aromatic rings. The summed E-state index contributed by atoms with van der Waals surface area (Å²) in [4.78, 5) is 18.6. The van der Waals surface area contributed by atoms with Gasteiger partial charge in [-0.15, -0.1) is 11.3 Å². The lowest BCUT2D eigenvalue weighted by Gasteiger charge is -2.29. The number of halogens is 1. The van der Waals surface area contributed by atoms with E-state index >= 15 is 0 Å². The molecule has 0 unspecified atom stereocenters.